The lowest BCUT2D eigenvalue weighted by molar-refractivity contribution is 0.206. The van der Waals surface area contributed by atoms with Crippen LogP contribution in [0.3, 0.4) is 0 Å². The number of rotatable bonds is 8. The molecule has 1 atom stereocenters. The Morgan fingerprint density at radius 3 is 2.72 bits per heavy atom. The Balaban J connectivity index is 0.00000312. The van der Waals surface area contributed by atoms with Gasteiger partial charge in [0.1, 0.15) is 11.9 Å². The molecular weight excluding hydrogens is 451 g/mol. The molecule has 0 bridgehead atoms. The number of halogens is 2. The van der Waals surface area contributed by atoms with Crippen LogP contribution in [0.2, 0.25) is 5.02 Å². The van der Waals surface area contributed by atoms with Crippen LogP contribution in [-0.2, 0) is 6.42 Å². The van der Waals surface area contributed by atoms with Crippen LogP contribution in [0.1, 0.15) is 19.0 Å². The molecule has 136 valence electrons. The largest absolute Gasteiger partial charge is 0.487 e. The van der Waals surface area contributed by atoms with Gasteiger partial charge in [-0.1, -0.05) is 36.7 Å². The quantitative estimate of drug-likeness (QED) is 0.348. The number of guanidine groups is 1. The van der Waals surface area contributed by atoms with Gasteiger partial charge in [0.15, 0.2) is 5.96 Å². The molecule has 25 heavy (non-hydrogen) atoms. The molecule has 0 aliphatic heterocycles. The maximum atomic E-state index is 6.11. The second-order valence-corrected chi connectivity index (χ2v) is 5.71. The van der Waals surface area contributed by atoms with Crippen molar-refractivity contribution in [2.45, 2.75) is 25.9 Å². The van der Waals surface area contributed by atoms with E-state index in [1.54, 1.807) is 12.3 Å². The van der Waals surface area contributed by atoms with E-state index in [1.165, 1.54) is 0 Å². The lowest BCUT2D eigenvalue weighted by atomic mass is 10.2. The van der Waals surface area contributed by atoms with Crippen molar-refractivity contribution in [2.75, 3.05) is 13.1 Å². The summed E-state index contributed by atoms with van der Waals surface area (Å²) in [4.78, 5) is 8.61. The van der Waals surface area contributed by atoms with Gasteiger partial charge in [0, 0.05) is 24.9 Å². The fourth-order valence-corrected chi connectivity index (χ4v) is 2.27. The second-order valence-electron chi connectivity index (χ2n) is 5.30. The molecule has 5 nitrogen and oxygen atoms in total. The number of ether oxygens (including phenoxy) is 1. The number of para-hydroxylation sites is 1. The third-order valence-electron chi connectivity index (χ3n) is 3.46. The Morgan fingerprint density at radius 1 is 1.28 bits per heavy atom. The molecule has 1 heterocycles. The van der Waals surface area contributed by atoms with Gasteiger partial charge in [-0.05, 0) is 30.7 Å². The number of aromatic nitrogens is 1. The summed E-state index contributed by atoms with van der Waals surface area (Å²) in [5.74, 6) is 1.08. The van der Waals surface area contributed by atoms with Gasteiger partial charge in [-0.15, -0.1) is 24.0 Å². The van der Waals surface area contributed by atoms with Gasteiger partial charge >= 0.3 is 0 Å². The van der Waals surface area contributed by atoms with Crippen LogP contribution in [0, 0.1) is 0 Å². The Labute approximate surface area is 171 Å². The zero-order chi connectivity index (χ0) is 17.2. The van der Waals surface area contributed by atoms with Gasteiger partial charge < -0.3 is 15.8 Å². The molecule has 2 aromatic rings. The number of nitrogens with one attached hydrogen (secondary N) is 1. The van der Waals surface area contributed by atoms with E-state index in [0.717, 1.165) is 18.5 Å². The molecule has 3 N–H and O–H groups in total. The molecule has 0 saturated carbocycles. The van der Waals surface area contributed by atoms with E-state index in [-0.39, 0.29) is 30.1 Å². The van der Waals surface area contributed by atoms with Crippen LogP contribution in [0.15, 0.2) is 53.7 Å². The van der Waals surface area contributed by atoms with Crippen molar-refractivity contribution in [1.82, 2.24) is 10.3 Å². The molecule has 0 fully saturated rings. The van der Waals surface area contributed by atoms with Crippen LogP contribution < -0.4 is 15.8 Å². The summed E-state index contributed by atoms with van der Waals surface area (Å²) in [6.45, 7) is 3.21. The summed E-state index contributed by atoms with van der Waals surface area (Å²) >= 11 is 6.11. The first-order chi connectivity index (χ1) is 11.7. The smallest absolute Gasteiger partial charge is 0.188 e. The lowest BCUT2D eigenvalue weighted by Gasteiger charge is -2.17. The van der Waals surface area contributed by atoms with Crippen LogP contribution in [-0.4, -0.2) is 30.1 Å². The number of aliphatic imine (C=N–C) groups is 1. The van der Waals surface area contributed by atoms with Crippen LogP contribution >= 0.6 is 35.6 Å². The molecule has 0 radical (unpaired) electrons. The van der Waals surface area contributed by atoms with E-state index in [4.69, 9.17) is 22.1 Å². The maximum absolute atomic E-state index is 6.11. The SMILES string of the molecule is CCC(CN=C(N)NCCc1ccccn1)Oc1ccccc1Cl.I. The van der Waals surface area contributed by atoms with Crippen molar-refractivity contribution >= 4 is 41.5 Å². The van der Waals surface area contributed by atoms with Crippen molar-refractivity contribution in [2.24, 2.45) is 10.7 Å². The average molecular weight is 475 g/mol. The normalized spacial score (nSPS) is 12.2. The zero-order valence-corrected chi connectivity index (χ0v) is 17.3. The predicted octanol–water partition coefficient (Wildman–Crippen LogP) is 3.66. The molecule has 0 saturated heterocycles. The van der Waals surface area contributed by atoms with Crippen molar-refractivity contribution in [1.29, 1.82) is 0 Å². The highest BCUT2D eigenvalue weighted by atomic mass is 127. The third-order valence-corrected chi connectivity index (χ3v) is 3.78. The van der Waals surface area contributed by atoms with E-state index in [0.29, 0.717) is 29.8 Å². The number of nitrogens with zero attached hydrogens (tertiary/aromatic N) is 2. The number of pyridine rings is 1. The van der Waals surface area contributed by atoms with E-state index in [2.05, 4.69) is 15.3 Å². The molecule has 0 aliphatic rings. The monoisotopic (exact) mass is 474 g/mol. The summed E-state index contributed by atoms with van der Waals surface area (Å²) in [7, 11) is 0. The average Bonchev–Trinajstić information content (AvgIpc) is 2.61. The Bertz CT molecular complexity index is 655. The molecular formula is C18H24ClIN4O. The molecule has 7 heteroatoms. The van der Waals surface area contributed by atoms with Crippen molar-refractivity contribution in [3.05, 3.63) is 59.4 Å². The van der Waals surface area contributed by atoms with E-state index in [1.807, 2.05) is 43.3 Å². The van der Waals surface area contributed by atoms with Crippen molar-refractivity contribution in [3.8, 4) is 5.75 Å². The Kier molecular flexibility index (Phi) is 10.3. The molecule has 0 spiro atoms. The van der Waals surface area contributed by atoms with Gasteiger partial charge in [-0.3, -0.25) is 4.98 Å². The Morgan fingerprint density at radius 2 is 2.04 bits per heavy atom. The van der Waals surface area contributed by atoms with Crippen LogP contribution in [0.25, 0.3) is 0 Å². The van der Waals surface area contributed by atoms with Crippen molar-refractivity contribution < 1.29 is 4.74 Å². The van der Waals surface area contributed by atoms with Gasteiger partial charge in [0.05, 0.1) is 11.6 Å². The summed E-state index contributed by atoms with van der Waals surface area (Å²) in [5, 5.41) is 3.69. The summed E-state index contributed by atoms with van der Waals surface area (Å²) in [6.07, 6.45) is 3.33. The van der Waals surface area contributed by atoms with Gasteiger partial charge in [-0.2, -0.15) is 0 Å². The highest BCUT2D eigenvalue weighted by Crippen LogP contribution is 2.24. The first-order valence-electron chi connectivity index (χ1n) is 8.04. The number of hydrogen-bond donors (Lipinski definition) is 2. The lowest BCUT2D eigenvalue weighted by Crippen LogP contribution is -2.34. The van der Waals surface area contributed by atoms with Crippen LogP contribution in [0.5, 0.6) is 5.75 Å². The fourth-order valence-electron chi connectivity index (χ4n) is 2.09. The standard InChI is InChI=1S/C18H23ClN4O.HI/c1-2-15(24-17-9-4-3-8-16(17)19)13-23-18(20)22-12-10-14-7-5-6-11-21-14;/h3-9,11,15H,2,10,12-13H2,1H3,(H3,20,22,23);1H. The Hall–Kier alpha value is -1.54. The van der Waals surface area contributed by atoms with Crippen LogP contribution in [0.4, 0.5) is 0 Å². The number of hydrogen-bond acceptors (Lipinski definition) is 3. The maximum Gasteiger partial charge on any atom is 0.188 e. The van der Waals surface area contributed by atoms with Gasteiger partial charge in [0.25, 0.3) is 0 Å². The summed E-state index contributed by atoms with van der Waals surface area (Å²) in [6, 6.07) is 13.3. The van der Waals surface area contributed by atoms with E-state index < -0.39 is 0 Å². The van der Waals surface area contributed by atoms with Gasteiger partial charge in [0.2, 0.25) is 0 Å². The highest BCUT2D eigenvalue weighted by molar-refractivity contribution is 14.0. The highest BCUT2D eigenvalue weighted by Gasteiger charge is 2.10. The van der Waals surface area contributed by atoms with E-state index in [9.17, 15) is 0 Å². The molecule has 0 amide bonds. The van der Waals surface area contributed by atoms with Gasteiger partial charge in [-0.25, -0.2) is 4.99 Å². The first-order valence-corrected chi connectivity index (χ1v) is 8.41. The third kappa shape index (κ3) is 7.92. The number of benzene rings is 1. The topological polar surface area (TPSA) is 72.5 Å². The molecule has 1 aromatic carbocycles. The number of nitrogens with two attached hydrogens (primary N) is 1. The predicted molar refractivity (Wildman–Crippen MR) is 114 cm³/mol. The minimum absolute atomic E-state index is 0. The molecule has 1 unspecified atom stereocenters. The molecule has 1 aromatic heterocycles. The minimum Gasteiger partial charge on any atom is -0.487 e. The minimum atomic E-state index is -0.0685. The van der Waals surface area contributed by atoms with E-state index >= 15 is 0 Å². The summed E-state index contributed by atoms with van der Waals surface area (Å²) < 4.78 is 5.89. The fraction of sp³-hybridized carbons (Fsp3) is 0.333. The van der Waals surface area contributed by atoms with Crippen molar-refractivity contribution in [3.63, 3.8) is 0 Å². The zero-order valence-electron chi connectivity index (χ0n) is 14.2. The molecule has 0 aliphatic carbocycles. The second kappa shape index (κ2) is 11.9. The summed E-state index contributed by atoms with van der Waals surface area (Å²) in [5.41, 5.74) is 6.92. The molecule has 2 rings (SSSR count). The first kappa shape index (κ1) is 21.5.